The van der Waals surface area contributed by atoms with E-state index in [9.17, 15) is 8.42 Å². The van der Waals surface area contributed by atoms with Gasteiger partial charge in [-0.1, -0.05) is 19.1 Å². The first-order valence-electron chi connectivity index (χ1n) is 14.2. The standard InChI is InChI=1S/C31H32N8O2S/c1-3-13-39-27-18-21(26-19-33-30-24(26)5-4-12-32-30)6-11-25(27)29-28(42(39,40)41)20-34-31(36-29)35-22-7-9-23(10-8-22)38-16-14-37(2)15-17-38/h4-12,18-20H,3,13-17H2,1-2H3,(H,32,33)(H,34,35,36). The maximum atomic E-state index is 13.8. The number of nitrogens with zero attached hydrogens (tertiary/aromatic N) is 6. The maximum absolute atomic E-state index is 13.8. The van der Waals surface area contributed by atoms with Crippen molar-refractivity contribution < 1.29 is 8.42 Å². The molecular weight excluding hydrogens is 548 g/mol. The zero-order valence-corrected chi connectivity index (χ0v) is 24.4. The number of pyridine rings is 1. The minimum absolute atomic E-state index is 0.114. The highest BCUT2D eigenvalue weighted by atomic mass is 32.2. The summed E-state index contributed by atoms with van der Waals surface area (Å²) in [5, 5.41) is 4.25. The van der Waals surface area contributed by atoms with E-state index in [4.69, 9.17) is 4.98 Å². The Bertz CT molecular complexity index is 1880. The molecule has 3 aromatic heterocycles. The van der Waals surface area contributed by atoms with Crippen LogP contribution in [0.15, 0.2) is 78.1 Å². The zero-order chi connectivity index (χ0) is 28.8. The van der Waals surface area contributed by atoms with E-state index >= 15 is 0 Å². The Balaban J connectivity index is 1.24. The van der Waals surface area contributed by atoms with Crippen LogP contribution < -0.4 is 14.5 Å². The van der Waals surface area contributed by atoms with Crippen LogP contribution in [0.1, 0.15) is 13.3 Å². The Labute approximate surface area is 245 Å². The predicted octanol–water partition coefficient (Wildman–Crippen LogP) is 5.10. The van der Waals surface area contributed by atoms with Gasteiger partial charge in [0.1, 0.15) is 10.5 Å². The van der Waals surface area contributed by atoms with E-state index in [1.54, 1.807) is 6.20 Å². The molecule has 7 rings (SSSR count). The lowest BCUT2D eigenvalue weighted by Gasteiger charge is -2.34. The van der Waals surface area contributed by atoms with Gasteiger partial charge in [0.05, 0.1) is 17.6 Å². The van der Waals surface area contributed by atoms with Gasteiger partial charge in [0.25, 0.3) is 10.0 Å². The molecule has 0 aliphatic carbocycles. The summed E-state index contributed by atoms with van der Waals surface area (Å²) in [7, 11) is -1.70. The van der Waals surface area contributed by atoms with E-state index in [1.807, 2.05) is 55.6 Å². The Morgan fingerprint density at radius 1 is 0.976 bits per heavy atom. The van der Waals surface area contributed by atoms with Gasteiger partial charge in [-0.3, -0.25) is 4.31 Å². The molecule has 0 amide bonds. The second-order valence-corrected chi connectivity index (χ2v) is 12.6. The first-order valence-corrected chi connectivity index (χ1v) is 15.6. The van der Waals surface area contributed by atoms with Crippen molar-refractivity contribution in [2.24, 2.45) is 0 Å². The van der Waals surface area contributed by atoms with Crippen LogP contribution in [0.25, 0.3) is 33.4 Å². The fraction of sp³-hybridized carbons (Fsp3) is 0.258. The number of rotatable bonds is 6. The molecule has 11 heteroatoms. The fourth-order valence-corrected chi connectivity index (χ4v) is 7.41. The molecule has 1 fully saturated rings. The quantitative estimate of drug-likeness (QED) is 0.286. The Morgan fingerprint density at radius 3 is 2.57 bits per heavy atom. The van der Waals surface area contributed by atoms with Crippen LogP contribution in [0.4, 0.5) is 23.0 Å². The van der Waals surface area contributed by atoms with E-state index < -0.39 is 10.0 Å². The second kappa shape index (κ2) is 10.4. The normalized spacial score (nSPS) is 16.3. The van der Waals surface area contributed by atoms with E-state index in [0.29, 0.717) is 30.3 Å². The van der Waals surface area contributed by atoms with E-state index in [0.717, 1.165) is 59.6 Å². The van der Waals surface area contributed by atoms with Crippen molar-refractivity contribution in [3.05, 3.63) is 73.2 Å². The molecule has 2 aliphatic rings. The van der Waals surface area contributed by atoms with Crippen molar-refractivity contribution in [2.45, 2.75) is 18.2 Å². The lowest BCUT2D eigenvalue weighted by molar-refractivity contribution is 0.313. The van der Waals surface area contributed by atoms with Gasteiger partial charge in [0.15, 0.2) is 0 Å². The van der Waals surface area contributed by atoms with Gasteiger partial charge in [0.2, 0.25) is 5.95 Å². The average molecular weight is 581 g/mol. The molecular formula is C31H32N8O2S. The number of benzene rings is 2. The van der Waals surface area contributed by atoms with Gasteiger partial charge in [-0.2, -0.15) is 0 Å². The maximum Gasteiger partial charge on any atom is 0.268 e. The van der Waals surface area contributed by atoms with Crippen LogP contribution in [0, 0.1) is 0 Å². The summed E-state index contributed by atoms with van der Waals surface area (Å²) in [6.07, 6.45) is 5.74. The van der Waals surface area contributed by atoms with Crippen LogP contribution in [-0.4, -0.2) is 73.0 Å². The molecule has 10 nitrogen and oxygen atoms in total. The highest BCUT2D eigenvalue weighted by Crippen LogP contribution is 2.44. The Kier molecular flexibility index (Phi) is 6.55. The number of anilines is 4. The lowest BCUT2D eigenvalue weighted by Crippen LogP contribution is -2.44. The minimum atomic E-state index is -3.85. The molecule has 2 aromatic carbocycles. The summed E-state index contributed by atoms with van der Waals surface area (Å²) < 4.78 is 29.2. The molecule has 0 unspecified atom stereocenters. The number of hydrogen-bond donors (Lipinski definition) is 2. The number of aromatic amines is 1. The van der Waals surface area contributed by atoms with Crippen LogP contribution in [0.3, 0.4) is 0 Å². The molecule has 0 radical (unpaired) electrons. The number of likely N-dealkylation sites (N-methyl/N-ethyl adjacent to an activating group) is 1. The molecule has 0 saturated carbocycles. The second-order valence-electron chi connectivity index (χ2n) is 10.8. The van der Waals surface area contributed by atoms with Gasteiger partial charge in [-0.15, -0.1) is 0 Å². The topological polar surface area (TPSA) is 110 Å². The van der Waals surface area contributed by atoms with Gasteiger partial charge < -0.3 is 20.1 Å². The fourth-order valence-electron chi connectivity index (χ4n) is 5.75. The van der Waals surface area contributed by atoms with Crippen molar-refractivity contribution >= 4 is 44.1 Å². The van der Waals surface area contributed by atoms with Crippen molar-refractivity contribution in [2.75, 3.05) is 54.3 Å². The minimum Gasteiger partial charge on any atom is -0.369 e. The van der Waals surface area contributed by atoms with Gasteiger partial charge in [-0.25, -0.2) is 23.4 Å². The number of sulfonamides is 1. The third-order valence-corrected chi connectivity index (χ3v) is 9.84. The smallest absolute Gasteiger partial charge is 0.268 e. The monoisotopic (exact) mass is 580 g/mol. The summed E-state index contributed by atoms with van der Waals surface area (Å²) >= 11 is 0. The van der Waals surface area contributed by atoms with Gasteiger partial charge >= 0.3 is 0 Å². The highest BCUT2D eigenvalue weighted by molar-refractivity contribution is 7.93. The summed E-state index contributed by atoms with van der Waals surface area (Å²) in [6, 6.07) is 18.0. The molecule has 0 spiro atoms. The molecule has 42 heavy (non-hydrogen) atoms. The summed E-state index contributed by atoms with van der Waals surface area (Å²) in [4.78, 5) is 21.6. The molecule has 2 N–H and O–H groups in total. The molecule has 0 atom stereocenters. The van der Waals surface area contributed by atoms with E-state index in [-0.39, 0.29) is 4.90 Å². The molecule has 2 aliphatic heterocycles. The van der Waals surface area contributed by atoms with Crippen molar-refractivity contribution in [1.82, 2.24) is 24.8 Å². The third kappa shape index (κ3) is 4.54. The Morgan fingerprint density at radius 2 is 1.79 bits per heavy atom. The third-order valence-electron chi connectivity index (χ3n) is 8.03. The van der Waals surface area contributed by atoms with Crippen molar-refractivity contribution in [1.29, 1.82) is 0 Å². The number of nitrogens with one attached hydrogen (secondary N) is 2. The molecule has 1 saturated heterocycles. The molecule has 214 valence electrons. The summed E-state index contributed by atoms with van der Waals surface area (Å²) in [6.45, 7) is 6.41. The van der Waals surface area contributed by atoms with Crippen LogP contribution in [-0.2, 0) is 10.0 Å². The summed E-state index contributed by atoms with van der Waals surface area (Å²) in [5.41, 5.74) is 6.43. The zero-order valence-electron chi connectivity index (χ0n) is 23.6. The number of H-pyrrole nitrogens is 1. The Hall–Kier alpha value is -4.48. The number of piperazine rings is 1. The highest BCUT2D eigenvalue weighted by Gasteiger charge is 2.36. The van der Waals surface area contributed by atoms with Crippen molar-refractivity contribution in [3.8, 4) is 22.4 Å². The molecule has 5 aromatic rings. The van der Waals surface area contributed by atoms with Crippen LogP contribution in [0.2, 0.25) is 0 Å². The first kappa shape index (κ1) is 26.4. The summed E-state index contributed by atoms with van der Waals surface area (Å²) in [5.74, 6) is 0.345. The number of aromatic nitrogens is 4. The average Bonchev–Trinajstić information content (AvgIpc) is 3.44. The number of fused-ring (bicyclic) bond motifs is 4. The first-order chi connectivity index (χ1) is 20.4. The predicted molar refractivity (Wildman–Crippen MR) is 167 cm³/mol. The van der Waals surface area contributed by atoms with E-state index in [1.165, 1.54) is 16.2 Å². The van der Waals surface area contributed by atoms with Gasteiger partial charge in [0, 0.05) is 73.0 Å². The number of hydrogen-bond acceptors (Lipinski definition) is 8. The van der Waals surface area contributed by atoms with E-state index in [2.05, 4.69) is 49.2 Å². The van der Waals surface area contributed by atoms with Crippen LogP contribution in [0.5, 0.6) is 0 Å². The lowest BCUT2D eigenvalue weighted by atomic mass is 10.0. The van der Waals surface area contributed by atoms with Gasteiger partial charge in [-0.05, 0) is 61.5 Å². The van der Waals surface area contributed by atoms with Crippen LogP contribution >= 0.6 is 0 Å². The largest absolute Gasteiger partial charge is 0.369 e. The molecule has 5 heterocycles. The molecule has 0 bridgehead atoms. The van der Waals surface area contributed by atoms with Crippen molar-refractivity contribution in [3.63, 3.8) is 0 Å². The SMILES string of the molecule is CCCN1c2cc(-c3c[nH]c4ncccc34)ccc2-c2nc(Nc3ccc(N4CCN(C)CC4)cc3)ncc2S1(=O)=O.